The Labute approximate surface area is 85.8 Å². The van der Waals surface area contributed by atoms with Crippen LogP contribution in [0.1, 0.15) is 31.7 Å². The maximum absolute atomic E-state index is 10.1. The normalized spacial score (nSPS) is 32.0. The van der Waals surface area contributed by atoms with Crippen LogP contribution in [0, 0.1) is 5.92 Å². The van der Waals surface area contributed by atoms with E-state index in [0.29, 0.717) is 5.92 Å². The molecular formula is C13H18O. The Morgan fingerprint density at radius 2 is 2.07 bits per heavy atom. The summed E-state index contributed by atoms with van der Waals surface area (Å²) in [7, 11) is 0. The summed E-state index contributed by atoms with van der Waals surface area (Å²) < 4.78 is 0. The summed E-state index contributed by atoms with van der Waals surface area (Å²) in [5, 5.41) is 10.1. The molecule has 0 saturated heterocycles. The molecule has 0 spiro atoms. The number of hydrogen-bond acceptors (Lipinski definition) is 1. The first-order valence-corrected chi connectivity index (χ1v) is 5.45. The van der Waals surface area contributed by atoms with Gasteiger partial charge in [-0.3, -0.25) is 0 Å². The summed E-state index contributed by atoms with van der Waals surface area (Å²) in [5.74, 6) is 0.449. The summed E-state index contributed by atoms with van der Waals surface area (Å²) >= 11 is 0. The van der Waals surface area contributed by atoms with Crippen molar-refractivity contribution in [2.24, 2.45) is 5.92 Å². The third-order valence-corrected chi connectivity index (χ3v) is 3.44. The van der Waals surface area contributed by atoms with Gasteiger partial charge in [0, 0.05) is 0 Å². The van der Waals surface area contributed by atoms with Gasteiger partial charge in [-0.15, -0.1) is 0 Å². The highest BCUT2D eigenvalue weighted by Gasteiger charge is 2.36. The summed E-state index contributed by atoms with van der Waals surface area (Å²) in [6.45, 7) is 1.98. The van der Waals surface area contributed by atoms with E-state index in [9.17, 15) is 5.11 Å². The molecule has 76 valence electrons. The molecule has 1 N–H and O–H groups in total. The second kappa shape index (κ2) is 3.74. The van der Waals surface area contributed by atoms with E-state index in [-0.39, 0.29) is 0 Å². The second-order valence-electron chi connectivity index (χ2n) is 4.64. The molecule has 0 bridgehead atoms. The van der Waals surface area contributed by atoms with Crippen molar-refractivity contribution < 1.29 is 5.11 Å². The fourth-order valence-corrected chi connectivity index (χ4v) is 2.44. The maximum atomic E-state index is 10.1. The van der Waals surface area contributed by atoms with Crippen LogP contribution in [0.4, 0.5) is 0 Å². The molecule has 2 unspecified atom stereocenters. The molecule has 0 aliphatic heterocycles. The molecule has 1 aromatic carbocycles. The summed E-state index contributed by atoms with van der Waals surface area (Å²) in [4.78, 5) is 0. The van der Waals surface area contributed by atoms with Gasteiger partial charge in [-0.05, 0) is 37.7 Å². The molecule has 1 nitrogen and oxygen atoms in total. The average molecular weight is 190 g/mol. The minimum atomic E-state index is -0.435. The van der Waals surface area contributed by atoms with Crippen molar-refractivity contribution in [1.29, 1.82) is 0 Å². The topological polar surface area (TPSA) is 20.2 Å². The lowest BCUT2D eigenvalue weighted by Crippen LogP contribution is -2.30. The molecular weight excluding hydrogens is 172 g/mol. The molecule has 0 radical (unpaired) electrons. The SMILES string of the molecule is CC1(O)CCCC1Cc1ccccc1. The molecule has 1 aromatic rings. The Morgan fingerprint density at radius 1 is 1.36 bits per heavy atom. The first kappa shape index (κ1) is 9.72. The van der Waals surface area contributed by atoms with Gasteiger partial charge in [0.05, 0.1) is 5.60 Å². The number of hydrogen-bond donors (Lipinski definition) is 1. The van der Waals surface area contributed by atoms with Crippen LogP contribution in [0.15, 0.2) is 30.3 Å². The van der Waals surface area contributed by atoms with Crippen molar-refractivity contribution in [3.8, 4) is 0 Å². The second-order valence-corrected chi connectivity index (χ2v) is 4.64. The van der Waals surface area contributed by atoms with Gasteiger partial charge in [0.15, 0.2) is 0 Å². The van der Waals surface area contributed by atoms with E-state index >= 15 is 0 Å². The van der Waals surface area contributed by atoms with E-state index in [2.05, 4.69) is 24.3 Å². The lowest BCUT2D eigenvalue weighted by atomic mass is 9.87. The third-order valence-electron chi connectivity index (χ3n) is 3.44. The van der Waals surface area contributed by atoms with Gasteiger partial charge in [0.1, 0.15) is 0 Å². The first-order valence-electron chi connectivity index (χ1n) is 5.45. The predicted molar refractivity (Wildman–Crippen MR) is 58.1 cm³/mol. The van der Waals surface area contributed by atoms with Crippen molar-refractivity contribution >= 4 is 0 Å². The highest BCUT2D eigenvalue weighted by atomic mass is 16.3. The zero-order chi connectivity index (χ0) is 10.0. The van der Waals surface area contributed by atoms with Crippen LogP contribution in [-0.2, 0) is 6.42 Å². The molecule has 2 atom stereocenters. The zero-order valence-electron chi connectivity index (χ0n) is 8.74. The lowest BCUT2D eigenvalue weighted by Gasteiger charge is -2.25. The van der Waals surface area contributed by atoms with Crippen LogP contribution in [-0.4, -0.2) is 10.7 Å². The first-order chi connectivity index (χ1) is 6.68. The van der Waals surface area contributed by atoms with Crippen LogP contribution in [0.3, 0.4) is 0 Å². The third kappa shape index (κ3) is 1.98. The van der Waals surface area contributed by atoms with Gasteiger partial charge in [0.2, 0.25) is 0 Å². The van der Waals surface area contributed by atoms with E-state index in [4.69, 9.17) is 0 Å². The molecule has 1 heteroatoms. The Bertz CT molecular complexity index is 289. The van der Waals surface area contributed by atoms with E-state index in [0.717, 1.165) is 12.8 Å². The van der Waals surface area contributed by atoms with E-state index in [1.54, 1.807) is 0 Å². The summed E-state index contributed by atoms with van der Waals surface area (Å²) in [6.07, 6.45) is 4.32. The molecule has 1 fully saturated rings. The van der Waals surface area contributed by atoms with Gasteiger partial charge >= 0.3 is 0 Å². The van der Waals surface area contributed by atoms with Crippen LogP contribution >= 0.6 is 0 Å². The highest BCUT2D eigenvalue weighted by Crippen LogP contribution is 2.37. The number of aliphatic hydroxyl groups is 1. The van der Waals surface area contributed by atoms with Crippen molar-refractivity contribution in [2.45, 2.75) is 38.2 Å². The maximum Gasteiger partial charge on any atom is 0.0651 e. The zero-order valence-corrected chi connectivity index (χ0v) is 8.74. The van der Waals surface area contributed by atoms with E-state index in [1.807, 2.05) is 13.0 Å². The van der Waals surface area contributed by atoms with Crippen LogP contribution in [0.25, 0.3) is 0 Å². The summed E-state index contributed by atoms with van der Waals surface area (Å²) in [6, 6.07) is 10.5. The molecule has 1 aliphatic rings. The molecule has 0 aromatic heterocycles. The van der Waals surface area contributed by atoms with Gasteiger partial charge in [-0.2, -0.15) is 0 Å². The lowest BCUT2D eigenvalue weighted by molar-refractivity contribution is 0.0214. The van der Waals surface area contributed by atoms with Gasteiger partial charge < -0.3 is 5.11 Å². The summed E-state index contributed by atoms with van der Waals surface area (Å²) in [5.41, 5.74) is 0.912. The van der Waals surface area contributed by atoms with Gasteiger partial charge in [0.25, 0.3) is 0 Å². The van der Waals surface area contributed by atoms with Crippen molar-refractivity contribution in [2.75, 3.05) is 0 Å². The molecule has 1 saturated carbocycles. The Morgan fingerprint density at radius 3 is 2.64 bits per heavy atom. The van der Waals surface area contributed by atoms with Gasteiger partial charge in [-0.25, -0.2) is 0 Å². The van der Waals surface area contributed by atoms with Gasteiger partial charge in [-0.1, -0.05) is 36.8 Å². The quantitative estimate of drug-likeness (QED) is 0.760. The fourth-order valence-electron chi connectivity index (χ4n) is 2.44. The molecule has 0 amide bonds. The van der Waals surface area contributed by atoms with Crippen molar-refractivity contribution in [1.82, 2.24) is 0 Å². The van der Waals surface area contributed by atoms with Crippen LogP contribution in [0.2, 0.25) is 0 Å². The molecule has 14 heavy (non-hydrogen) atoms. The largest absolute Gasteiger partial charge is 0.390 e. The molecule has 0 heterocycles. The number of benzene rings is 1. The standard InChI is InChI=1S/C13H18O/c1-13(14)9-5-8-12(13)10-11-6-3-2-4-7-11/h2-4,6-7,12,14H,5,8-10H2,1H3. The van der Waals surface area contributed by atoms with Crippen LogP contribution < -0.4 is 0 Å². The van der Waals surface area contributed by atoms with E-state index < -0.39 is 5.60 Å². The molecule has 1 aliphatic carbocycles. The Balaban J connectivity index is 2.05. The smallest absolute Gasteiger partial charge is 0.0651 e. The highest BCUT2D eigenvalue weighted by molar-refractivity contribution is 5.16. The Kier molecular flexibility index (Phi) is 2.60. The monoisotopic (exact) mass is 190 g/mol. The minimum absolute atomic E-state index is 0.435. The Hall–Kier alpha value is -0.820. The van der Waals surface area contributed by atoms with Crippen molar-refractivity contribution in [3.63, 3.8) is 0 Å². The molecule has 2 rings (SSSR count). The van der Waals surface area contributed by atoms with Crippen molar-refractivity contribution in [3.05, 3.63) is 35.9 Å². The van der Waals surface area contributed by atoms with Crippen LogP contribution in [0.5, 0.6) is 0 Å². The van der Waals surface area contributed by atoms with E-state index in [1.165, 1.54) is 18.4 Å². The number of rotatable bonds is 2. The fraction of sp³-hybridized carbons (Fsp3) is 0.538. The average Bonchev–Trinajstić information content (AvgIpc) is 2.48. The predicted octanol–water partition coefficient (Wildman–Crippen LogP) is 2.78. The minimum Gasteiger partial charge on any atom is -0.390 e.